The smallest absolute Gasteiger partial charge is 0.343 e. The van der Waals surface area contributed by atoms with Crippen LogP contribution in [0.1, 0.15) is 57.2 Å². The predicted molar refractivity (Wildman–Crippen MR) is 116 cm³/mol. The van der Waals surface area contributed by atoms with Gasteiger partial charge < -0.3 is 4.74 Å². The summed E-state index contributed by atoms with van der Waals surface area (Å²) in [6.45, 7) is 6.26. The Morgan fingerprint density at radius 2 is 1.38 bits per heavy atom. The first-order valence-electron chi connectivity index (χ1n) is 9.63. The molecule has 0 bridgehead atoms. The second kappa shape index (κ2) is 9.16. The van der Waals surface area contributed by atoms with E-state index in [9.17, 15) is 9.59 Å². The van der Waals surface area contributed by atoms with Crippen LogP contribution in [0.15, 0.2) is 78.9 Å². The number of benzene rings is 3. The van der Waals surface area contributed by atoms with E-state index in [0.717, 1.165) is 11.1 Å². The van der Waals surface area contributed by atoms with Crippen LogP contribution in [0, 0.1) is 6.92 Å². The van der Waals surface area contributed by atoms with Gasteiger partial charge in [-0.05, 0) is 66.4 Å². The molecule has 3 nitrogen and oxygen atoms in total. The predicted octanol–water partition coefficient (Wildman–Crippen LogP) is 6.23. The summed E-state index contributed by atoms with van der Waals surface area (Å²) in [4.78, 5) is 24.6. The minimum Gasteiger partial charge on any atom is -0.423 e. The standard InChI is InChI=1S/C26H24O3/c1-18(2)21-11-6-20(7-12-21)8-17-25(27)22-13-15-24(16-14-22)29-26(28)23-9-4-19(3)5-10-23/h4-18H,1-3H3. The van der Waals surface area contributed by atoms with E-state index in [4.69, 9.17) is 4.74 Å². The van der Waals surface area contributed by atoms with E-state index >= 15 is 0 Å². The van der Waals surface area contributed by atoms with Gasteiger partial charge in [0.1, 0.15) is 5.75 Å². The van der Waals surface area contributed by atoms with Gasteiger partial charge in [0.2, 0.25) is 0 Å². The molecule has 0 radical (unpaired) electrons. The Labute approximate surface area is 171 Å². The van der Waals surface area contributed by atoms with E-state index in [-0.39, 0.29) is 5.78 Å². The van der Waals surface area contributed by atoms with Crippen molar-refractivity contribution in [2.75, 3.05) is 0 Å². The molecule has 0 aliphatic carbocycles. The molecular formula is C26H24O3. The topological polar surface area (TPSA) is 43.4 Å². The summed E-state index contributed by atoms with van der Waals surface area (Å²) in [6, 6.07) is 21.9. The number of ketones is 1. The van der Waals surface area contributed by atoms with E-state index in [2.05, 4.69) is 26.0 Å². The van der Waals surface area contributed by atoms with Crippen LogP contribution < -0.4 is 4.74 Å². The lowest BCUT2D eigenvalue weighted by Gasteiger charge is -2.05. The summed E-state index contributed by atoms with van der Waals surface area (Å²) in [5.74, 6) is 0.358. The Kier molecular flexibility index (Phi) is 6.40. The molecule has 0 atom stereocenters. The van der Waals surface area contributed by atoms with Crippen LogP contribution in [0.5, 0.6) is 5.75 Å². The number of esters is 1. The van der Waals surface area contributed by atoms with Crippen LogP contribution in [0.3, 0.4) is 0 Å². The van der Waals surface area contributed by atoms with Gasteiger partial charge in [-0.1, -0.05) is 61.9 Å². The molecule has 0 N–H and O–H groups in total. The third-order valence-electron chi connectivity index (χ3n) is 4.67. The Balaban J connectivity index is 1.62. The molecule has 3 aromatic rings. The van der Waals surface area contributed by atoms with Gasteiger partial charge in [-0.25, -0.2) is 4.79 Å². The van der Waals surface area contributed by atoms with Crippen LogP contribution in [0.2, 0.25) is 0 Å². The number of carbonyl (C=O) groups excluding carboxylic acids is 2. The van der Waals surface area contributed by atoms with Crippen LogP contribution in [-0.4, -0.2) is 11.8 Å². The lowest BCUT2D eigenvalue weighted by atomic mass is 10.0. The zero-order valence-electron chi connectivity index (χ0n) is 16.9. The molecule has 0 aromatic heterocycles. The summed E-state index contributed by atoms with van der Waals surface area (Å²) in [7, 11) is 0. The molecule has 0 heterocycles. The molecule has 0 saturated carbocycles. The lowest BCUT2D eigenvalue weighted by molar-refractivity contribution is 0.0734. The highest BCUT2D eigenvalue weighted by Gasteiger charge is 2.09. The van der Waals surface area contributed by atoms with E-state index in [1.165, 1.54) is 5.56 Å². The molecule has 146 valence electrons. The zero-order chi connectivity index (χ0) is 20.8. The van der Waals surface area contributed by atoms with Crippen molar-refractivity contribution < 1.29 is 14.3 Å². The molecule has 0 aliphatic heterocycles. The monoisotopic (exact) mass is 384 g/mol. The van der Waals surface area contributed by atoms with Crippen LogP contribution >= 0.6 is 0 Å². The summed E-state index contributed by atoms with van der Waals surface area (Å²) in [5, 5.41) is 0. The third kappa shape index (κ3) is 5.52. The molecule has 3 aromatic carbocycles. The number of allylic oxidation sites excluding steroid dienone is 1. The van der Waals surface area contributed by atoms with Crippen LogP contribution in [0.4, 0.5) is 0 Å². The van der Waals surface area contributed by atoms with Gasteiger partial charge >= 0.3 is 5.97 Å². The van der Waals surface area contributed by atoms with Crippen molar-refractivity contribution in [3.05, 3.63) is 107 Å². The second-order valence-electron chi connectivity index (χ2n) is 7.30. The number of ether oxygens (including phenoxy) is 1. The maximum Gasteiger partial charge on any atom is 0.343 e. The lowest BCUT2D eigenvalue weighted by Crippen LogP contribution is -2.08. The molecule has 0 aliphatic rings. The van der Waals surface area contributed by atoms with Gasteiger partial charge in [0.05, 0.1) is 5.56 Å². The summed E-state index contributed by atoms with van der Waals surface area (Å²) < 4.78 is 5.37. The third-order valence-corrected chi connectivity index (χ3v) is 4.67. The van der Waals surface area contributed by atoms with Crippen LogP contribution in [-0.2, 0) is 0 Å². The van der Waals surface area contributed by atoms with E-state index in [1.54, 1.807) is 48.6 Å². The molecule has 29 heavy (non-hydrogen) atoms. The molecule has 0 amide bonds. The summed E-state index contributed by atoms with van der Waals surface area (Å²) >= 11 is 0. The van der Waals surface area contributed by atoms with Crippen LogP contribution in [0.25, 0.3) is 6.08 Å². The van der Waals surface area contributed by atoms with Crippen molar-refractivity contribution in [1.82, 2.24) is 0 Å². The number of hydrogen-bond acceptors (Lipinski definition) is 3. The molecule has 0 spiro atoms. The van der Waals surface area contributed by atoms with Gasteiger partial charge in [-0.15, -0.1) is 0 Å². The first-order valence-corrected chi connectivity index (χ1v) is 9.63. The van der Waals surface area contributed by atoms with Gasteiger partial charge in [0, 0.05) is 5.56 Å². The maximum atomic E-state index is 12.4. The highest BCUT2D eigenvalue weighted by atomic mass is 16.5. The van der Waals surface area contributed by atoms with Crippen molar-refractivity contribution in [3.63, 3.8) is 0 Å². The van der Waals surface area contributed by atoms with Crippen molar-refractivity contribution >= 4 is 17.8 Å². The molecule has 3 rings (SSSR count). The number of hydrogen-bond donors (Lipinski definition) is 0. The highest BCUT2D eigenvalue weighted by molar-refractivity contribution is 6.06. The maximum absolute atomic E-state index is 12.4. The molecule has 3 heteroatoms. The Hall–Kier alpha value is -3.46. The summed E-state index contributed by atoms with van der Waals surface area (Å²) in [5.41, 5.74) is 4.35. The molecule has 0 saturated heterocycles. The highest BCUT2D eigenvalue weighted by Crippen LogP contribution is 2.17. The number of aryl methyl sites for hydroxylation is 1. The quantitative estimate of drug-likeness (QED) is 0.219. The average Bonchev–Trinajstić information content (AvgIpc) is 2.73. The van der Waals surface area contributed by atoms with E-state index < -0.39 is 5.97 Å². The average molecular weight is 384 g/mol. The van der Waals surface area contributed by atoms with E-state index in [1.807, 2.05) is 31.2 Å². The van der Waals surface area contributed by atoms with Gasteiger partial charge in [0.25, 0.3) is 0 Å². The largest absolute Gasteiger partial charge is 0.423 e. The Morgan fingerprint density at radius 3 is 1.97 bits per heavy atom. The van der Waals surface area contributed by atoms with Gasteiger partial charge in [-0.3, -0.25) is 4.79 Å². The van der Waals surface area contributed by atoms with Gasteiger partial charge in [-0.2, -0.15) is 0 Å². The first kappa shape index (κ1) is 20.3. The molecule has 0 unspecified atom stereocenters. The van der Waals surface area contributed by atoms with Crippen molar-refractivity contribution in [3.8, 4) is 5.75 Å². The number of carbonyl (C=O) groups is 2. The second-order valence-corrected chi connectivity index (χ2v) is 7.30. The molecule has 0 fully saturated rings. The van der Waals surface area contributed by atoms with Crippen molar-refractivity contribution in [1.29, 1.82) is 0 Å². The fourth-order valence-electron chi connectivity index (χ4n) is 2.80. The minimum absolute atomic E-state index is 0.102. The Bertz CT molecular complexity index is 1010. The number of rotatable bonds is 6. The first-order chi connectivity index (χ1) is 13.9. The minimum atomic E-state index is -0.422. The fourth-order valence-corrected chi connectivity index (χ4v) is 2.80. The molecular weight excluding hydrogens is 360 g/mol. The zero-order valence-corrected chi connectivity index (χ0v) is 16.9. The van der Waals surface area contributed by atoms with Crippen molar-refractivity contribution in [2.45, 2.75) is 26.7 Å². The normalized spacial score (nSPS) is 11.0. The van der Waals surface area contributed by atoms with E-state index in [0.29, 0.717) is 22.8 Å². The van der Waals surface area contributed by atoms with Gasteiger partial charge in [0.15, 0.2) is 5.78 Å². The van der Waals surface area contributed by atoms with Crippen molar-refractivity contribution in [2.24, 2.45) is 0 Å². The fraction of sp³-hybridized carbons (Fsp3) is 0.154. The SMILES string of the molecule is Cc1ccc(C(=O)Oc2ccc(C(=O)C=Cc3ccc(C(C)C)cc3)cc2)cc1. The Morgan fingerprint density at radius 1 is 0.793 bits per heavy atom. The summed E-state index contributed by atoms with van der Waals surface area (Å²) in [6.07, 6.45) is 3.36.